The fourth-order valence-corrected chi connectivity index (χ4v) is 5.95. The molecule has 3 atom stereocenters. The highest BCUT2D eigenvalue weighted by Gasteiger charge is 2.45. The van der Waals surface area contributed by atoms with Gasteiger partial charge in [0.05, 0.1) is 0 Å². The Morgan fingerprint density at radius 3 is 2.49 bits per heavy atom. The summed E-state index contributed by atoms with van der Waals surface area (Å²) in [6, 6.07) is 15.4. The molecular weight excluding hydrogens is 438 g/mol. The number of allylic oxidation sites excluding steroid dienone is 2. The summed E-state index contributed by atoms with van der Waals surface area (Å²) in [5.74, 6) is -1.28. The van der Waals surface area contributed by atoms with Crippen molar-refractivity contribution in [3.8, 4) is 5.75 Å². The van der Waals surface area contributed by atoms with Crippen molar-refractivity contribution in [3.05, 3.63) is 76.5 Å². The van der Waals surface area contributed by atoms with Crippen molar-refractivity contribution in [3.63, 3.8) is 0 Å². The molecule has 1 fully saturated rings. The van der Waals surface area contributed by atoms with Crippen LogP contribution >= 0.6 is 0 Å². The largest absolute Gasteiger partial charge is 0.508 e. The number of carbonyl (C=O) groups is 2. The molecule has 1 saturated carbocycles. The predicted molar refractivity (Wildman–Crippen MR) is 136 cm³/mol. The average Bonchev–Trinajstić information content (AvgIpc) is 3.36. The molecule has 2 aliphatic carbocycles. The Morgan fingerprint density at radius 1 is 1.06 bits per heavy atom. The molecule has 0 saturated heterocycles. The van der Waals surface area contributed by atoms with Crippen LogP contribution in [0.1, 0.15) is 80.9 Å². The summed E-state index contributed by atoms with van der Waals surface area (Å²) in [4.78, 5) is 32.0. The third kappa shape index (κ3) is 4.69. The second kappa shape index (κ2) is 9.80. The first kappa shape index (κ1) is 23.5. The Morgan fingerprint density at radius 2 is 1.80 bits per heavy atom. The number of ketones is 1. The Bertz CT molecular complexity index is 1190. The summed E-state index contributed by atoms with van der Waals surface area (Å²) in [6.07, 6.45) is 5.87. The van der Waals surface area contributed by atoms with E-state index in [2.05, 4.69) is 31.2 Å². The first-order valence-corrected chi connectivity index (χ1v) is 12.8. The lowest BCUT2D eigenvalue weighted by Gasteiger charge is -2.37. The minimum Gasteiger partial charge on any atom is -0.508 e. The fraction of sp³-hybridized carbons (Fsp3) is 0.433. The maximum absolute atomic E-state index is 13.7. The molecule has 1 aliphatic heterocycles. The molecule has 0 amide bonds. The van der Waals surface area contributed by atoms with E-state index in [1.165, 1.54) is 5.56 Å². The van der Waals surface area contributed by atoms with Crippen LogP contribution in [0.4, 0.5) is 0 Å². The molecule has 0 spiro atoms. The van der Waals surface area contributed by atoms with E-state index in [4.69, 9.17) is 9.73 Å². The highest BCUT2D eigenvalue weighted by atomic mass is 16.5. The van der Waals surface area contributed by atoms with Crippen molar-refractivity contribution >= 4 is 17.5 Å². The number of hydrogen-bond donors (Lipinski definition) is 1. The summed E-state index contributed by atoms with van der Waals surface area (Å²) >= 11 is 0. The maximum Gasteiger partial charge on any atom is 0.315 e. The lowest BCUT2D eigenvalue weighted by atomic mass is 9.69. The SMILES string of the molecule is CCc1ccc(C2CC(=O)C3=C(C2)N=C(C)C(C(=O)OC2CCCC2)C3c2cccc(O)c2)cc1. The zero-order chi connectivity index (χ0) is 24.5. The molecule has 0 bridgehead atoms. The van der Waals surface area contributed by atoms with Gasteiger partial charge in [-0.15, -0.1) is 0 Å². The number of Topliss-reactive ketones (excluding diaryl/α,β-unsaturated/α-hetero) is 1. The minimum atomic E-state index is -0.666. The summed E-state index contributed by atoms with van der Waals surface area (Å²) in [5.41, 5.74) is 5.22. The molecule has 1 N–H and O–H groups in total. The van der Waals surface area contributed by atoms with Gasteiger partial charge in [-0.3, -0.25) is 14.6 Å². The quantitative estimate of drug-likeness (QED) is 0.542. The van der Waals surface area contributed by atoms with Crippen LogP contribution in [0.2, 0.25) is 0 Å². The number of benzene rings is 2. The van der Waals surface area contributed by atoms with E-state index in [0.29, 0.717) is 24.1 Å². The Labute approximate surface area is 206 Å². The van der Waals surface area contributed by atoms with Crippen LogP contribution < -0.4 is 0 Å². The lowest BCUT2D eigenvalue weighted by Crippen LogP contribution is -2.39. The Balaban J connectivity index is 1.52. The van der Waals surface area contributed by atoms with Gasteiger partial charge in [0.15, 0.2) is 5.78 Å². The zero-order valence-electron chi connectivity index (χ0n) is 20.5. The molecule has 3 unspecified atom stereocenters. The van der Waals surface area contributed by atoms with Gasteiger partial charge in [-0.05, 0) is 80.2 Å². The van der Waals surface area contributed by atoms with Gasteiger partial charge in [0.1, 0.15) is 17.8 Å². The van der Waals surface area contributed by atoms with Crippen molar-refractivity contribution in [2.24, 2.45) is 10.9 Å². The number of nitrogens with zero attached hydrogens (tertiary/aromatic N) is 1. The molecule has 5 heteroatoms. The monoisotopic (exact) mass is 471 g/mol. The number of aliphatic imine (C=N–C) groups is 1. The van der Waals surface area contributed by atoms with E-state index >= 15 is 0 Å². The fourth-order valence-electron chi connectivity index (χ4n) is 5.95. The molecule has 2 aromatic carbocycles. The van der Waals surface area contributed by atoms with Gasteiger partial charge in [-0.1, -0.05) is 43.3 Å². The number of hydrogen-bond acceptors (Lipinski definition) is 5. The van der Waals surface area contributed by atoms with Crippen LogP contribution in [-0.2, 0) is 20.7 Å². The number of ether oxygens (including phenoxy) is 1. The highest BCUT2D eigenvalue weighted by molar-refractivity contribution is 6.09. The standard InChI is InChI=1S/C30H33NO4/c1-3-19-11-13-20(14-12-19)22-16-25-29(26(33)17-22)28(21-7-6-8-23(32)15-21)27(18(2)31-25)30(34)35-24-9-4-5-10-24/h6-8,11-15,22,24,27-28,32H,3-5,9-10,16-17H2,1-2H3. The third-order valence-corrected chi connectivity index (χ3v) is 7.82. The van der Waals surface area contributed by atoms with Crippen molar-refractivity contribution in [2.75, 3.05) is 0 Å². The second-order valence-corrected chi connectivity index (χ2v) is 10.1. The topological polar surface area (TPSA) is 76.0 Å². The van der Waals surface area contributed by atoms with Gasteiger partial charge < -0.3 is 9.84 Å². The van der Waals surface area contributed by atoms with Gasteiger partial charge in [-0.2, -0.15) is 0 Å². The van der Waals surface area contributed by atoms with Crippen LogP contribution in [0.3, 0.4) is 0 Å². The van der Waals surface area contributed by atoms with Crippen LogP contribution in [0.5, 0.6) is 5.75 Å². The minimum absolute atomic E-state index is 0.0269. The first-order chi connectivity index (χ1) is 16.9. The van der Waals surface area contributed by atoms with Gasteiger partial charge in [0.2, 0.25) is 0 Å². The van der Waals surface area contributed by atoms with Crippen LogP contribution in [-0.4, -0.2) is 28.7 Å². The summed E-state index contributed by atoms with van der Waals surface area (Å²) in [6.45, 7) is 4.00. The highest BCUT2D eigenvalue weighted by Crippen LogP contribution is 2.47. The van der Waals surface area contributed by atoms with Crippen molar-refractivity contribution in [1.82, 2.24) is 0 Å². The van der Waals surface area contributed by atoms with Gasteiger partial charge in [0.25, 0.3) is 0 Å². The van der Waals surface area contributed by atoms with E-state index in [1.54, 1.807) is 18.2 Å². The summed E-state index contributed by atoms with van der Waals surface area (Å²) < 4.78 is 5.91. The number of aryl methyl sites for hydroxylation is 1. The van der Waals surface area contributed by atoms with E-state index in [1.807, 2.05) is 13.0 Å². The summed E-state index contributed by atoms with van der Waals surface area (Å²) in [7, 11) is 0. The van der Waals surface area contributed by atoms with E-state index in [0.717, 1.165) is 48.9 Å². The second-order valence-electron chi connectivity index (χ2n) is 10.1. The van der Waals surface area contributed by atoms with Gasteiger partial charge in [-0.25, -0.2) is 0 Å². The van der Waals surface area contributed by atoms with Crippen LogP contribution in [0, 0.1) is 5.92 Å². The normalized spacial score (nSPS) is 24.8. The molecule has 2 aromatic rings. The zero-order valence-corrected chi connectivity index (χ0v) is 20.5. The number of esters is 1. The number of phenols is 1. The van der Waals surface area contributed by atoms with Crippen LogP contribution in [0.25, 0.3) is 0 Å². The Hall–Kier alpha value is -3.21. The lowest BCUT2D eigenvalue weighted by molar-refractivity contribution is -0.151. The third-order valence-electron chi connectivity index (χ3n) is 7.82. The van der Waals surface area contributed by atoms with E-state index in [9.17, 15) is 14.7 Å². The number of aromatic hydroxyl groups is 1. The predicted octanol–water partition coefficient (Wildman–Crippen LogP) is 6.02. The molecule has 5 nitrogen and oxygen atoms in total. The van der Waals surface area contributed by atoms with Crippen LogP contribution in [0.15, 0.2) is 64.8 Å². The number of phenolic OH excluding ortho intramolecular Hbond substituents is 1. The Kier molecular flexibility index (Phi) is 6.59. The molecule has 1 heterocycles. The smallest absolute Gasteiger partial charge is 0.315 e. The number of rotatable bonds is 5. The van der Waals surface area contributed by atoms with E-state index < -0.39 is 11.8 Å². The van der Waals surface area contributed by atoms with Gasteiger partial charge >= 0.3 is 5.97 Å². The molecule has 0 radical (unpaired) electrons. The van der Waals surface area contributed by atoms with Gasteiger partial charge in [0, 0.05) is 29.3 Å². The molecule has 35 heavy (non-hydrogen) atoms. The summed E-state index contributed by atoms with van der Waals surface area (Å²) in [5, 5.41) is 10.2. The average molecular weight is 472 g/mol. The van der Waals surface area contributed by atoms with Crippen molar-refractivity contribution in [2.45, 2.75) is 76.7 Å². The van der Waals surface area contributed by atoms with E-state index in [-0.39, 0.29) is 29.5 Å². The van der Waals surface area contributed by atoms with Crippen molar-refractivity contribution in [1.29, 1.82) is 0 Å². The molecule has 182 valence electrons. The first-order valence-electron chi connectivity index (χ1n) is 12.8. The molecule has 0 aromatic heterocycles. The number of carbonyl (C=O) groups excluding carboxylic acids is 2. The molecule has 3 aliphatic rings. The molecular formula is C30H33NO4. The maximum atomic E-state index is 13.7. The molecule has 5 rings (SSSR count). The van der Waals surface area contributed by atoms with Crippen molar-refractivity contribution < 1.29 is 19.4 Å².